The average molecular weight is 354 g/mol. The maximum atomic E-state index is 8.81. The molecule has 1 nitrogen and oxygen atoms in total. The Labute approximate surface area is 121 Å². The maximum absolute atomic E-state index is 8.81. The SMILES string of the molecule is CCC[I-]C1CCC(c2ccc(C#N)cc2)CC1. The summed E-state index contributed by atoms with van der Waals surface area (Å²) in [4.78, 5) is 0. The second kappa shape index (κ2) is 7.13. The summed E-state index contributed by atoms with van der Waals surface area (Å²) >= 11 is 0.463. The number of benzene rings is 1. The number of rotatable bonds is 4. The van der Waals surface area contributed by atoms with Crippen molar-refractivity contribution >= 4 is 0 Å². The average Bonchev–Trinajstić information content (AvgIpc) is 2.46. The fraction of sp³-hybridized carbons (Fsp3) is 0.562. The third kappa shape index (κ3) is 3.71. The van der Waals surface area contributed by atoms with Gasteiger partial charge in [0.05, 0.1) is 0 Å². The van der Waals surface area contributed by atoms with Crippen LogP contribution < -0.4 is 21.2 Å². The van der Waals surface area contributed by atoms with Gasteiger partial charge in [0.2, 0.25) is 0 Å². The molecule has 2 heteroatoms. The zero-order valence-corrected chi connectivity index (χ0v) is 13.2. The van der Waals surface area contributed by atoms with E-state index < -0.39 is 0 Å². The monoisotopic (exact) mass is 354 g/mol. The van der Waals surface area contributed by atoms with Crippen LogP contribution in [0.5, 0.6) is 0 Å². The third-order valence-electron chi connectivity index (χ3n) is 3.68. The van der Waals surface area contributed by atoms with E-state index in [1.54, 1.807) is 0 Å². The Balaban J connectivity index is 1.87. The summed E-state index contributed by atoms with van der Waals surface area (Å²) in [5, 5.41) is 8.81. The van der Waals surface area contributed by atoms with E-state index >= 15 is 0 Å². The van der Waals surface area contributed by atoms with Crippen molar-refractivity contribution in [3.05, 3.63) is 35.4 Å². The van der Waals surface area contributed by atoms with E-state index in [4.69, 9.17) is 5.26 Å². The number of alkyl halides is 2. The van der Waals surface area contributed by atoms with Gasteiger partial charge < -0.3 is 0 Å². The molecule has 0 bridgehead atoms. The van der Waals surface area contributed by atoms with Gasteiger partial charge in [-0.3, -0.25) is 0 Å². The van der Waals surface area contributed by atoms with Crippen LogP contribution in [0.1, 0.15) is 56.1 Å². The first-order valence-corrected chi connectivity index (χ1v) is 9.68. The van der Waals surface area contributed by atoms with Crippen molar-refractivity contribution < 1.29 is 21.2 Å². The van der Waals surface area contributed by atoms with Crippen molar-refractivity contribution in [2.45, 2.75) is 48.9 Å². The zero-order valence-electron chi connectivity index (χ0n) is 11.0. The summed E-state index contributed by atoms with van der Waals surface area (Å²) in [6.07, 6.45) is 6.98. The van der Waals surface area contributed by atoms with Crippen molar-refractivity contribution in [2.24, 2.45) is 0 Å². The number of halogens is 1. The molecule has 0 aliphatic heterocycles. The molecule has 1 aromatic rings. The van der Waals surface area contributed by atoms with E-state index in [0.717, 1.165) is 15.4 Å². The van der Waals surface area contributed by atoms with Crippen molar-refractivity contribution in [1.82, 2.24) is 0 Å². The number of nitriles is 1. The van der Waals surface area contributed by atoms with E-state index in [1.165, 1.54) is 42.1 Å². The molecule has 0 spiro atoms. The predicted molar refractivity (Wildman–Crippen MR) is 71.3 cm³/mol. The van der Waals surface area contributed by atoms with Crippen molar-refractivity contribution in [3.63, 3.8) is 0 Å². The van der Waals surface area contributed by atoms with Crippen LogP contribution in [0.3, 0.4) is 0 Å². The van der Waals surface area contributed by atoms with E-state index in [0.29, 0.717) is 21.2 Å². The molecule has 0 aromatic heterocycles. The topological polar surface area (TPSA) is 23.8 Å². The Morgan fingerprint density at radius 1 is 1.17 bits per heavy atom. The molecule has 0 unspecified atom stereocenters. The quantitative estimate of drug-likeness (QED) is 0.587. The summed E-state index contributed by atoms with van der Waals surface area (Å²) in [5.74, 6) is 0.750. The van der Waals surface area contributed by atoms with E-state index in [9.17, 15) is 0 Å². The van der Waals surface area contributed by atoms with Gasteiger partial charge in [-0.2, -0.15) is 0 Å². The summed E-state index contributed by atoms with van der Waals surface area (Å²) < 4.78 is 2.59. The molecule has 1 aliphatic carbocycles. The first-order valence-electron chi connectivity index (χ1n) is 6.91. The molecule has 0 radical (unpaired) electrons. The van der Waals surface area contributed by atoms with Gasteiger partial charge in [-0.15, -0.1) is 0 Å². The number of hydrogen-bond donors (Lipinski definition) is 0. The molecular weight excluding hydrogens is 333 g/mol. The van der Waals surface area contributed by atoms with E-state index in [1.807, 2.05) is 12.1 Å². The zero-order chi connectivity index (χ0) is 12.8. The Morgan fingerprint density at radius 2 is 1.83 bits per heavy atom. The van der Waals surface area contributed by atoms with Gasteiger partial charge in [0.15, 0.2) is 0 Å². The van der Waals surface area contributed by atoms with Gasteiger partial charge in [0, 0.05) is 0 Å². The Morgan fingerprint density at radius 3 is 2.39 bits per heavy atom. The number of hydrogen-bond acceptors (Lipinski definition) is 1. The Hall–Kier alpha value is -0.560. The normalized spacial score (nSPS) is 23.8. The van der Waals surface area contributed by atoms with Crippen LogP contribution in [0.15, 0.2) is 24.3 Å². The van der Waals surface area contributed by atoms with Gasteiger partial charge in [-0.05, 0) is 0 Å². The third-order valence-corrected chi connectivity index (χ3v) is 7.88. The molecule has 1 fully saturated rings. The van der Waals surface area contributed by atoms with Crippen LogP contribution in [0.25, 0.3) is 0 Å². The van der Waals surface area contributed by atoms with Gasteiger partial charge in [0.25, 0.3) is 0 Å². The summed E-state index contributed by atoms with van der Waals surface area (Å²) in [5.41, 5.74) is 2.22. The standard InChI is InChI=1S/C16H21IN/c1-2-11-17-16-9-7-15(8-10-16)14-5-3-13(12-18)4-6-14/h3-6,15-16H,2,7-11H2,1H3/q-1. The van der Waals surface area contributed by atoms with Gasteiger partial charge in [0.1, 0.15) is 0 Å². The predicted octanol–water partition coefficient (Wildman–Crippen LogP) is 1.08. The molecule has 0 atom stereocenters. The molecule has 0 heterocycles. The van der Waals surface area contributed by atoms with Crippen LogP contribution in [0, 0.1) is 11.3 Å². The molecule has 2 rings (SSSR count). The van der Waals surface area contributed by atoms with Crippen LogP contribution in [-0.2, 0) is 0 Å². The van der Waals surface area contributed by atoms with Crippen LogP contribution in [-0.4, -0.2) is 8.35 Å². The van der Waals surface area contributed by atoms with E-state index in [-0.39, 0.29) is 0 Å². The first kappa shape index (κ1) is 13.9. The first-order chi connectivity index (χ1) is 8.83. The summed E-state index contributed by atoms with van der Waals surface area (Å²) in [7, 11) is 0. The molecule has 0 N–H and O–H groups in total. The van der Waals surface area contributed by atoms with Crippen LogP contribution in [0.4, 0.5) is 0 Å². The van der Waals surface area contributed by atoms with Gasteiger partial charge in [-0.25, -0.2) is 0 Å². The van der Waals surface area contributed by atoms with Crippen molar-refractivity contribution in [1.29, 1.82) is 5.26 Å². The summed E-state index contributed by atoms with van der Waals surface area (Å²) in [6, 6.07) is 10.4. The van der Waals surface area contributed by atoms with Crippen LogP contribution in [0.2, 0.25) is 0 Å². The van der Waals surface area contributed by atoms with Gasteiger partial charge >= 0.3 is 121 Å². The van der Waals surface area contributed by atoms with Crippen LogP contribution >= 0.6 is 0 Å². The minimum atomic E-state index is 0.463. The molecule has 1 saturated carbocycles. The van der Waals surface area contributed by atoms with Crippen molar-refractivity contribution in [2.75, 3.05) is 4.43 Å². The van der Waals surface area contributed by atoms with Gasteiger partial charge in [-0.1, -0.05) is 0 Å². The molecule has 0 amide bonds. The molecule has 1 aromatic carbocycles. The fourth-order valence-electron chi connectivity index (χ4n) is 2.63. The Kier molecular flexibility index (Phi) is 5.49. The van der Waals surface area contributed by atoms with Crippen molar-refractivity contribution in [3.8, 4) is 6.07 Å². The van der Waals surface area contributed by atoms with E-state index in [2.05, 4.69) is 25.1 Å². The fourth-order valence-corrected chi connectivity index (χ4v) is 5.74. The second-order valence-corrected chi connectivity index (χ2v) is 8.75. The Bertz CT molecular complexity index is 396. The summed E-state index contributed by atoms with van der Waals surface area (Å²) in [6.45, 7) is 2.31. The molecule has 1 aliphatic rings. The number of nitrogens with zero attached hydrogens (tertiary/aromatic N) is 1. The molecule has 98 valence electrons. The molecular formula is C16H21IN-. The molecule has 18 heavy (non-hydrogen) atoms. The minimum absolute atomic E-state index is 0.463. The molecule has 0 saturated heterocycles. The second-order valence-electron chi connectivity index (χ2n) is 5.03.